The van der Waals surface area contributed by atoms with Gasteiger partial charge in [0.15, 0.2) is 11.5 Å². The Morgan fingerprint density at radius 2 is 2.00 bits per heavy atom. The van der Waals surface area contributed by atoms with Crippen molar-refractivity contribution in [3.05, 3.63) is 23.3 Å². The summed E-state index contributed by atoms with van der Waals surface area (Å²) >= 11 is 0. The van der Waals surface area contributed by atoms with E-state index in [0.717, 1.165) is 5.56 Å². The summed E-state index contributed by atoms with van der Waals surface area (Å²) in [5.74, 6) is 0.840. The van der Waals surface area contributed by atoms with Gasteiger partial charge in [0.25, 0.3) is 0 Å². The monoisotopic (exact) mass is 248 g/mol. The van der Waals surface area contributed by atoms with E-state index in [1.807, 2.05) is 6.92 Å². The Morgan fingerprint density at radius 1 is 1.33 bits per heavy atom. The van der Waals surface area contributed by atoms with Crippen LogP contribution in [0.1, 0.15) is 11.1 Å². The maximum atomic E-state index is 11.0. The van der Waals surface area contributed by atoms with Gasteiger partial charge in [0.1, 0.15) is 0 Å². The summed E-state index contributed by atoms with van der Waals surface area (Å²) in [5.41, 5.74) is 1.45. The summed E-state index contributed by atoms with van der Waals surface area (Å²) < 4.78 is 32.3. The SMILES string of the molecule is Cc1ccc(CS(=O)(=O)Cl)c2c1OCO2. The van der Waals surface area contributed by atoms with Crippen LogP contribution in [0.5, 0.6) is 11.5 Å². The summed E-state index contributed by atoms with van der Waals surface area (Å²) in [5, 5.41) is 0. The van der Waals surface area contributed by atoms with Gasteiger partial charge in [0.2, 0.25) is 15.8 Å². The molecule has 15 heavy (non-hydrogen) atoms. The number of benzene rings is 1. The van der Waals surface area contributed by atoms with Gasteiger partial charge >= 0.3 is 0 Å². The zero-order valence-corrected chi connectivity index (χ0v) is 9.56. The van der Waals surface area contributed by atoms with E-state index in [4.69, 9.17) is 20.2 Å². The Morgan fingerprint density at radius 3 is 2.67 bits per heavy atom. The van der Waals surface area contributed by atoms with Crippen molar-refractivity contribution in [2.75, 3.05) is 6.79 Å². The standard InChI is InChI=1S/C9H9ClO4S/c1-6-2-3-7(4-15(10,11)12)9-8(6)13-5-14-9/h2-3H,4-5H2,1H3. The Kier molecular flexibility index (Phi) is 2.52. The number of ether oxygens (including phenoxy) is 2. The average Bonchev–Trinajstić information content (AvgIpc) is 2.57. The zero-order chi connectivity index (χ0) is 11.1. The molecule has 1 heterocycles. The van der Waals surface area contributed by atoms with E-state index >= 15 is 0 Å². The second kappa shape index (κ2) is 3.57. The maximum absolute atomic E-state index is 11.0. The molecule has 0 saturated carbocycles. The molecule has 82 valence electrons. The van der Waals surface area contributed by atoms with Crippen molar-refractivity contribution in [1.82, 2.24) is 0 Å². The second-order valence-corrected chi connectivity index (χ2v) is 6.07. The molecule has 1 aromatic rings. The molecule has 0 aliphatic carbocycles. The van der Waals surface area contributed by atoms with Gasteiger partial charge in [-0.15, -0.1) is 0 Å². The largest absolute Gasteiger partial charge is 0.453 e. The minimum Gasteiger partial charge on any atom is -0.453 e. The molecular formula is C9H9ClO4S. The number of halogens is 1. The van der Waals surface area contributed by atoms with Gasteiger partial charge in [-0.05, 0) is 12.5 Å². The molecule has 1 aliphatic rings. The van der Waals surface area contributed by atoms with Crippen LogP contribution in [-0.4, -0.2) is 15.2 Å². The fourth-order valence-electron chi connectivity index (χ4n) is 1.49. The van der Waals surface area contributed by atoms with E-state index < -0.39 is 9.05 Å². The lowest BCUT2D eigenvalue weighted by Gasteiger charge is -2.05. The first-order valence-electron chi connectivity index (χ1n) is 4.28. The van der Waals surface area contributed by atoms with E-state index in [2.05, 4.69) is 0 Å². The molecule has 0 unspecified atom stereocenters. The van der Waals surface area contributed by atoms with Crippen LogP contribution in [0.15, 0.2) is 12.1 Å². The lowest BCUT2D eigenvalue weighted by atomic mass is 10.1. The Labute approximate surface area is 92.2 Å². The van der Waals surface area contributed by atoms with Crippen molar-refractivity contribution >= 4 is 19.7 Å². The predicted octanol–water partition coefficient (Wildman–Crippen LogP) is 1.79. The first kappa shape index (κ1) is 10.6. The molecule has 1 aromatic carbocycles. The maximum Gasteiger partial charge on any atom is 0.236 e. The normalized spacial score (nSPS) is 14.3. The number of aryl methyl sites for hydroxylation is 1. The molecule has 2 rings (SSSR count). The summed E-state index contributed by atoms with van der Waals surface area (Å²) in [7, 11) is 1.61. The molecule has 0 radical (unpaired) electrons. The molecule has 4 nitrogen and oxygen atoms in total. The smallest absolute Gasteiger partial charge is 0.236 e. The van der Waals surface area contributed by atoms with Gasteiger partial charge in [-0.3, -0.25) is 0 Å². The van der Waals surface area contributed by atoms with Gasteiger partial charge < -0.3 is 9.47 Å². The van der Waals surface area contributed by atoms with Gasteiger partial charge in [-0.25, -0.2) is 8.42 Å². The number of hydrogen-bond acceptors (Lipinski definition) is 4. The predicted molar refractivity (Wildman–Crippen MR) is 55.8 cm³/mol. The molecule has 1 aliphatic heterocycles. The summed E-state index contributed by atoms with van der Waals surface area (Å²) in [6.45, 7) is 1.99. The third kappa shape index (κ3) is 2.18. The van der Waals surface area contributed by atoms with Crippen LogP contribution in [-0.2, 0) is 14.8 Å². The van der Waals surface area contributed by atoms with Gasteiger partial charge in [-0.2, -0.15) is 0 Å². The number of hydrogen-bond donors (Lipinski definition) is 0. The Bertz CT molecular complexity index is 495. The van der Waals surface area contributed by atoms with E-state index in [0.29, 0.717) is 17.1 Å². The first-order chi connectivity index (χ1) is 6.97. The van der Waals surface area contributed by atoms with E-state index in [1.54, 1.807) is 12.1 Å². The van der Waals surface area contributed by atoms with Crippen molar-refractivity contribution < 1.29 is 17.9 Å². The van der Waals surface area contributed by atoms with Crippen molar-refractivity contribution in [2.24, 2.45) is 0 Å². The van der Waals surface area contributed by atoms with Crippen LogP contribution in [0.4, 0.5) is 0 Å². The second-order valence-electron chi connectivity index (χ2n) is 3.29. The highest BCUT2D eigenvalue weighted by Crippen LogP contribution is 2.39. The van der Waals surface area contributed by atoms with Crippen molar-refractivity contribution in [3.63, 3.8) is 0 Å². The Hall–Kier alpha value is -0.940. The summed E-state index contributed by atoms with van der Waals surface area (Å²) in [6.07, 6.45) is 0. The minimum atomic E-state index is -3.57. The molecule has 0 spiro atoms. The third-order valence-electron chi connectivity index (χ3n) is 2.12. The lowest BCUT2D eigenvalue weighted by Crippen LogP contribution is -1.98. The summed E-state index contributed by atoms with van der Waals surface area (Å²) in [4.78, 5) is 0. The van der Waals surface area contributed by atoms with Crippen molar-refractivity contribution in [3.8, 4) is 11.5 Å². The van der Waals surface area contributed by atoms with Crippen LogP contribution < -0.4 is 9.47 Å². The summed E-state index contributed by atoms with van der Waals surface area (Å²) in [6, 6.07) is 3.47. The molecule has 0 aromatic heterocycles. The fraction of sp³-hybridized carbons (Fsp3) is 0.333. The zero-order valence-electron chi connectivity index (χ0n) is 7.99. The highest BCUT2D eigenvalue weighted by Gasteiger charge is 2.22. The van der Waals surface area contributed by atoms with Crippen LogP contribution in [0.3, 0.4) is 0 Å². The number of rotatable bonds is 2. The van der Waals surface area contributed by atoms with Gasteiger partial charge in [0, 0.05) is 16.2 Å². The topological polar surface area (TPSA) is 52.6 Å². The van der Waals surface area contributed by atoms with Crippen LogP contribution in [0.25, 0.3) is 0 Å². The fourth-order valence-corrected chi connectivity index (χ4v) is 2.44. The number of fused-ring (bicyclic) bond motifs is 1. The van der Waals surface area contributed by atoms with Crippen LogP contribution in [0.2, 0.25) is 0 Å². The lowest BCUT2D eigenvalue weighted by molar-refractivity contribution is 0.173. The molecule has 6 heteroatoms. The quantitative estimate of drug-likeness (QED) is 0.749. The molecule has 0 bridgehead atoms. The molecule has 0 amide bonds. The molecule has 0 N–H and O–H groups in total. The molecule has 0 fully saturated rings. The molecule has 0 saturated heterocycles. The van der Waals surface area contributed by atoms with Crippen molar-refractivity contribution in [1.29, 1.82) is 0 Å². The first-order valence-corrected chi connectivity index (χ1v) is 6.75. The van der Waals surface area contributed by atoms with E-state index in [-0.39, 0.29) is 12.5 Å². The highest BCUT2D eigenvalue weighted by molar-refractivity contribution is 8.13. The Balaban J connectivity index is 2.47. The molecule has 0 atom stereocenters. The van der Waals surface area contributed by atoms with Crippen LogP contribution >= 0.6 is 10.7 Å². The van der Waals surface area contributed by atoms with Gasteiger partial charge in [-0.1, -0.05) is 12.1 Å². The van der Waals surface area contributed by atoms with Gasteiger partial charge in [0.05, 0.1) is 5.75 Å². The third-order valence-corrected chi connectivity index (χ3v) is 3.11. The van der Waals surface area contributed by atoms with E-state index in [9.17, 15) is 8.42 Å². The molecular weight excluding hydrogens is 240 g/mol. The van der Waals surface area contributed by atoms with E-state index in [1.165, 1.54) is 0 Å². The van der Waals surface area contributed by atoms with Crippen LogP contribution in [0, 0.1) is 6.92 Å². The van der Waals surface area contributed by atoms with Crippen molar-refractivity contribution in [2.45, 2.75) is 12.7 Å². The highest BCUT2D eigenvalue weighted by atomic mass is 35.7. The minimum absolute atomic E-state index is 0.121. The average molecular weight is 249 g/mol.